The number of hydrogen-bond donors (Lipinski definition) is 2. The van der Waals surface area contributed by atoms with Crippen LogP contribution in [0.25, 0.3) is 10.9 Å². The fourth-order valence-corrected chi connectivity index (χ4v) is 1.20. The Morgan fingerprint density at radius 1 is 1.33 bits per heavy atom. The summed E-state index contributed by atoms with van der Waals surface area (Å²) in [5.41, 5.74) is 0.309. The van der Waals surface area contributed by atoms with E-state index < -0.39 is 0 Å². The van der Waals surface area contributed by atoms with Crippen molar-refractivity contribution in [2.75, 3.05) is 12.4 Å². The largest absolute Gasteiger partial charge is 0.373 e. The Bertz CT molecular complexity index is 532. The van der Waals surface area contributed by atoms with Gasteiger partial charge in [0, 0.05) is 18.6 Å². The van der Waals surface area contributed by atoms with E-state index in [9.17, 15) is 4.79 Å². The number of rotatable bonds is 1. The Balaban J connectivity index is 0.000000509. The Morgan fingerprint density at radius 3 is 2.50 bits per heavy atom. The summed E-state index contributed by atoms with van der Waals surface area (Å²) >= 11 is 0. The zero-order valence-corrected chi connectivity index (χ0v) is 11.4. The van der Waals surface area contributed by atoms with Gasteiger partial charge in [-0.05, 0) is 25.1 Å². The molecule has 0 saturated carbocycles. The summed E-state index contributed by atoms with van der Waals surface area (Å²) < 4.78 is 0. The summed E-state index contributed by atoms with van der Waals surface area (Å²) in [6.45, 7) is 9.25. The molecule has 4 heteroatoms. The summed E-state index contributed by atoms with van der Waals surface area (Å²) in [6.07, 6.45) is 3.37. The minimum Gasteiger partial charge on any atom is -0.373 e. The topological polar surface area (TPSA) is 57.8 Å². The van der Waals surface area contributed by atoms with Crippen LogP contribution in [-0.4, -0.2) is 17.0 Å². The van der Waals surface area contributed by atoms with Crippen molar-refractivity contribution < 1.29 is 0 Å². The van der Waals surface area contributed by atoms with E-state index >= 15 is 0 Å². The molecule has 0 radical (unpaired) electrons. The van der Waals surface area contributed by atoms with Crippen LogP contribution in [0.1, 0.15) is 20.8 Å². The molecule has 0 aliphatic heterocycles. The Labute approximate surface area is 108 Å². The molecule has 0 saturated heterocycles. The number of allylic oxidation sites excluding steroid dienone is 1. The Morgan fingerprint density at radius 2 is 1.94 bits per heavy atom. The summed E-state index contributed by atoms with van der Waals surface area (Å²) in [6, 6.07) is 5.52. The highest BCUT2D eigenvalue weighted by Gasteiger charge is 1.99. The van der Waals surface area contributed by atoms with E-state index in [1.54, 1.807) is 19.3 Å². The van der Waals surface area contributed by atoms with Crippen molar-refractivity contribution in [2.45, 2.75) is 20.8 Å². The molecule has 2 aromatic rings. The molecular formula is C14H21N3O. The van der Waals surface area contributed by atoms with Gasteiger partial charge in [-0.25, -0.2) is 4.98 Å². The van der Waals surface area contributed by atoms with E-state index in [1.165, 1.54) is 0 Å². The number of nitrogens with zero attached hydrogens (tertiary/aromatic N) is 1. The van der Waals surface area contributed by atoms with Crippen molar-refractivity contribution in [1.82, 2.24) is 9.97 Å². The summed E-state index contributed by atoms with van der Waals surface area (Å²) in [5, 5.41) is 3.73. The van der Waals surface area contributed by atoms with Crippen molar-refractivity contribution in [3.8, 4) is 0 Å². The molecule has 2 aromatic heterocycles. The SMILES string of the molecule is C=CC.CC.CNc1ccc2cc[nH]c(=O)c2n1. The first kappa shape index (κ1) is 15.9. The van der Waals surface area contributed by atoms with Gasteiger partial charge in [0.05, 0.1) is 0 Å². The maximum Gasteiger partial charge on any atom is 0.274 e. The summed E-state index contributed by atoms with van der Waals surface area (Å²) in [5.74, 6) is 0.698. The highest BCUT2D eigenvalue weighted by molar-refractivity contribution is 5.78. The van der Waals surface area contributed by atoms with Gasteiger partial charge in [0.25, 0.3) is 5.56 Å². The molecule has 0 bridgehead atoms. The molecule has 0 unspecified atom stereocenters. The van der Waals surface area contributed by atoms with E-state index in [4.69, 9.17) is 0 Å². The first-order valence-electron chi connectivity index (χ1n) is 5.96. The van der Waals surface area contributed by atoms with Gasteiger partial charge in [-0.2, -0.15) is 0 Å². The van der Waals surface area contributed by atoms with Crippen LogP contribution in [0.4, 0.5) is 5.82 Å². The van der Waals surface area contributed by atoms with Gasteiger partial charge < -0.3 is 10.3 Å². The molecule has 98 valence electrons. The Hall–Kier alpha value is -2.10. The third kappa shape index (κ3) is 4.41. The fourth-order valence-electron chi connectivity index (χ4n) is 1.20. The summed E-state index contributed by atoms with van der Waals surface area (Å²) in [4.78, 5) is 18.0. The molecule has 0 spiro atoms. The number of anilines is 1. The number of H-pyrrole nitrogens is 1. The van der Waals surface area contributed by atoms with Crippen molar-refractivity contribution >= 4 is 16.7 Å². The maximum atomic E-state index is 11.3. The lowest BCUT2D eigenvalue weighted by Crippen LogP contribution is -2.07. The van der Waals surface area contributed by atoms with Crippen LogP contribution in [-0.2, 0) is 0 Å². The van der Waals surface area contributed by atoms with E-state index in [-0.39, 0.29) is 5.56 Å². The van der Waals surface area contributed by atoms with Crippen LogP contribution in [0.15, 0.2) is 41.8 Å². The normalized spacial score (nSPS) is 8.44. The van der Waals surface area contributed by atoms with Gasteiger partial charge in [0.15, 0.2) is 0 Å². The smallest absolute Gasteiger partial charge is 0.274 e. The lowest BCUT2D eigenvalue weighted by Gasteiger charge is -1.99. The van der Waals surface area contributed by atoms with E-state index in [2.05, 4.69) is 21.9 Å². The molecule has 0 fully saturated rings. The Kier molecular flexibility index (Phi) is 7.94. The molecular weight excluding hydrogens is 226 g/mol. The summed E-state index contributed by atoms with van der Waals surface area (Å²) in [7, 11) is 1.77. The minimum absolute atomic E-state index is 0.158. The third-order valence-electron chi connectivity index (χ3n) is 1.87. The van der Waals surface area contributed by atoms with Gasteiger partial charge in [-0.3, -0.25) is 4.79 Å². The zero-order valence-electron chi connectivity index (χ0n) is 11.4. The third-order valence-corrected chi connectivity index (χ3v) is 1.87. The number of hydrogen-bond acceptors (Lipinski definition) is 3. The standard InChI is InChI=1S/C9H9N3O.C3H6.C2H6/c1-10-7-3-2-6-4-5-11-9(13)8(6)12-7;1-3-2;1-2/h2-5H,1H3,(H,10,12)(H,11,13);3H,1H2,2H3;1-2H3. The predicted octanol–water partition coefficient (Wildman–Crippen LogP) is 3.18. The van der Waals surface area contributed by atoms with Gasteiger partial charge in [0.1, 0.15) is 11.3 Å². The molecule has 2 heterocycles. The van der Waals surface area contributed by atoms with Gasteiger partial charge in [-0.1, -0.05) is 19.9 Å². The highest BCUT2D eigenvalue weighted by Crippen LogP contribution is 2.09. The van der Waals surface area contributed by atoms with E-state index in [1.807, 2.05) is 39.0 Å². The first-order chi connectivity index (χ1) is 8.72. The lowest BCUT2D eigenvalue weighted by molar-refractivity contribution is 1.23. The minimum atomic E-state index is -0.158. The molecule has 0 aromatic carbocycles. The van der Waals surface area contributed by atoms with Gasteiger partial charge in [-0.15, -0.1) is 6.58 Å². The van der Waals surface area contributed by atoms with Crippen molar-refractivity contribution in [3.05, 3.63) is 47.4 Å². The van der Waals surface area contributed by atoms with Crippen molar-refractivity contribution in [2.24, 2.45) is 0 Å². The molecule has 18 heavy (non-hydrogen) atoms. The van der Waals surface area contributed by atoms with Crippen molar-refractivity contribution in [1.29, 1.82) is 0 Å². The predicted molar refractivity (Wildman–Crippen MR) is 79.1 cm³/mol. The molecule has 0 atom stereocenters. The second kappa shape index (κ2) is 8.98. The first-order valence-corrected chi connectivity index (χ1v) is 5.96. The second-order valence-electron chi connectivity index (χ2n) is 3.10. The highest BCUT2D eigenvalue weighted by atomic mass is 16.1. The number of nitrogens with one attached hydrogen (secondary N) is 2. The molecule has 2 rings (SSSR count). The quantitative estimate of drug-likeness (QED) is 0.761. The van der Waals surface area contributed by atoms with Crippen LogP contribution in [0.5, 0.6) is 0 Å². The molecule has 0 aliphatic rings. The maximum absolute atomic E-state index is 11.3. The van der Waals surface area contributed by atoms with Crippen LogP contribution >= 0.6 is 0 Å². The van der Waals surface area contributed by atoms with Crippen molar-refractivity contribution in [3.63, 3.8) is 0 Å². The molecule has 0 aliphatic carbocycles. The van der Waals surface area contributed by atoms with E-state index in [0.717, 1.165) is 5.39 Å². The van der Waals surface area contributed by atoms with Crippen LogP contribution in [0.2, 0.25) is 0 Å². The number of aromatic amines is 1. The van der Waals surface area contributed by atoms with Crippen LogP contribution < -0.4 is 10.9 Å². The fraction of sp³-hybridized carbons (Fsp3) is 0.286. The van der Waals surface area contributed by atoms with Gasteiger partial charge >= 0.3 is 0 Å². The lowest BCUT2D eigenvalue weighted by atomic mass is 10.2. The second-order valence-corrected chi connectivity index (χ2v) is 3.10. The average Bonchev–Trinajstić information content (AvgIpc) is 2.42. The van der Waals surface area contributed by atoms with Crippen LogP contribution in [0.3, 0.4) is 0 Å². The zero-order chi connectivity index (χ0) is 14.0. The van der Waals surface area contributed by atoms with Gasteiger partial charge in [0.2, 0.25) is 0 Å². The molecule has 4 nitrogen and oxygen atoms in total. The molecule has 0 amide bonds. The monoisotopic (exact) mass is 247 g/mol. The van der Waals surface area contributed by atoms with Crippen LogP contribution in [0, 0.1) is 0 Å². The number of aromatic nitrogens is 2. The number of pyridine rings is 2. The molecule has 2 N–H and O–H groups in total. The average molecular weight is 247 g/mol. The van der Waals surface area contributed by atoms with E-state index in [0.29, 0.717) is 11.3 Å². The number of fused-ring (bicyclic) bond motifs is 1.